The molecule has 0 radical (unpaired) electrons. The minimum atomic E-state index is -0.913. The molecule has 13 heteroatoms. The molecule has 0 aliphatic carbocycles. The van der Waals surface area contributed by atoms with Crippen LogP contribution in [0.2, 0.25) is 5.02 Å². The molecule has 2 amide bonds. The minimum Gasteiger partial charge on any atom is -0.507 e. The van der Waals surface area contributed by atoms with Gasteiger partial charge in [0.1, 0.15) is 29.1 Å². The molecule has 4 aromatic rings. The number of fused-ring (bicyclic) bond motifs is 2. The standard InChI is InChI=1S/C31H29ClFN7O4/c1-6-20(42)38-12-13-39-18(14-38)30(43)37(5)27-22-28(39)36-31(44)40(26-16(4)10-11-34-24(26)15(2)3)29(22)35-25(23(27)32)21-17(33)8-7-9-19(21)41/h6-11,15,18,41H,1,12-14H2,2-5H3. The van der Waals surface area contributed by atoms with E-state index in [1.54, 1.807) is 17.2 Å². The largest absolute Gasteiger partial charge is 0.507 e. The van der Waals surface area contributed by atoms with Crippen molar-refractivity contribution in [3.8, 4) is 22.7 Å². The van der Waals surface area contributed by atoms with Gasteiger partial charge in [-0.2, -0.15) is 4.98 Å². The molecule has 6 rings (SSSR count). The Morgan fingerprint density at radius 2 is 1.93 bits per heavy atom. The SMILES string of the molecule is C=CC(=O)N1CCN2c3nc(=O)n(-c4c(C)ccnc4C(C)C)c4nc(-c5c(O)cccc5F)c(Cl)c(c34)N(C)C(=O)C2C1. The van der Waals surface area contributed by atoms with Crippen LogP contribution in [0.1, 0.15) is 31.0 Å². The lowest BCUT2D eigenvalue weighted by Crippen LogP contribution is -2.60. The summed E-state index contributed by atoms with van der Waals surface area (Å²) in [6.45, 7) is 9.71. The number of hydrogen-bond donors (Lipinski definition) is 1. The van der Waals surface area contributed by atoms with E-state index < -0.39 is 29.2 Å². The van der Waals surface area contributed by atoms with Crippen molar-refractivity contribution in [2.75, 3.05) is 36.5 Å². The Bertz CT molecular complexity index is 1940. The highest BCUT2D eigenvalue weighted by Gasteiger charge is 2.43. The van der Waals surface area contributed by atoms with Gasteiger partial charge >= 0.3 is 5.69 Å². The molecule has 2 aliphatic rings. The van der Waals surface area contributed by atoms with Gasteiger partial charge in [-0.25, -0.2) is 18.7 Å². The van der Waals surface area contributed by atoms with E-state index in [9.17, 15) is 19.5 Å². The van der Waals surface area contributed by atoms with Gasteiger partial charge in [0.2, 0.25) is 5.91 Å². The number of benzene rings is 1. The summed E-state index contributed by atoms with van der Waals surface area (Å²) in [6, 6.07) is 4.64. The van der Waals surface area contributed by atoms with E-state index in [0.717, 1.165) is 6.07 Å². The van der Waals surface area contributed by atoms with E-state index >= 15 is 4.39 Å². The highest BCUT2D eigenvalue weighted by atomic mass is 35.5. The number of anilines is 2. The Balaban J connectivity index is 1.78. The second kappa shape index (κ2) is 10.7. The van der Waals surface area contributed by atoms with Crippen molar-refractivity contribution in [1.29, 1.82) is 0 Å². The maximum absolute atomic E-state index is 15.3. The lowest BCUT2D eigenvalue weighted by Gasteiger charge is -2.40. The molecule has 0 spiro atoms. The van der Waals surface area contributed by atoms with E-state index in [2.05, 4.69) is 16.5 Å². The second-order valence-electron chi connectivity index (χ2n) is 11.1. The summed E-state index contributed by atoms with van der Waals surface area (Å²) in [4.78, 5) is 59.1. The number of phenols is 1. The van der Waals surface area contributed by atoms with Crippen LogP contribution in [-0.4, -0.2) is 74.1 Å². The van der Waals surface area contributed by atoms with Gasteiger partial charge in [0, 0.05) is 26.3 Å². The summed E-state index contributed by atoms with van der Waals surface area (Å²) in [5.41, 5.74) is 0.812. The molecule has 1 unspecified atom stereocenters. The van der Waals surface area contributed by atoms with Crippen LogP contribution in [0.15, 0.2) is 47.9 Å². The van der Waals surface area contributed by atoms with Gasteiger partial charge in [-0.05, 0) is 42.7 Å². The fourth-order valence-corrected chi connectivity index (χ4v) is 6.38. The number of hydrogen-bond acceptors (Lipinski definition) is 8. The Morgan fingerprint density at radius 3 is 2.61 bits per heavy atom. The third kappa shape index (κ3) is 4.31. The molecule has 11 nitrogen and oxygen atoms in total. The summed E-state index contributed by atoms with van der Waals surface area (Å²) in [5.74, 6) is -1.92. The number of likely N-dealkylation sites (N-methyl/N-ethyl adjacent to an activating group) is 1. The number of carbonyl (C=O) groups is 2. The Hall–Kier alpha value is -4.84. The molecule has 226 valence electrons. The van der Waals surface area contributed by atoms with Crippen LogP contribution < -0.4 is 15.5 Å². The van der Waals surface area contributed by atoms with E-state index in [0.29, 0.717) is 16.9 Å². The predicted octanol–water partition coefficient (Wildman–Crippen LogP) is 3.95. The van der Waals surface area contributed by atoms with Crippen LogP contribution in [0, 0.1) is 12.7 Å². The normalized spacial score (nSPS) is 16.4. The third-order valence-electron chi connectivity index (χ3n) is 8.17. The number of pyridine rings is 2. The number of aryl methyl sites for hydroxylation is 1. The number of halogens is 2. The van der Waals surface area contributed by atoms with Gasteiger partial charge in [-0.15, -0.1) is 0 Å². The lowest BCUT2D eigenvalue weighted by atomic mass is 10.0. The summed E-state index contributed by atoms with van der Waals surface area (Å²) in [5, 5.41) is 10.9. The van der Waals surface area contributed by atoms with Gasteiger partial charge in [0.25, 0.3) is 5.91 Å². The van der Waals surface area contributed by atoms with Crippen LogP contribution in [0.25, 0.3) is 28.0 Å². The van der Waals surface area contributed by atoms with Gasteiger partial charge in [-0.3, -0.25) is 14.6 Å². The van der Waals surface area contributed by atoms with Gasteiger partial charge in [-0.1, -0.05) is 38.1 Å². The van der Waals surface area contributed by atoms with Crippen molar-refractivity contribution in [3.05, 3.63) is 75.7 Å². The molecular formula is C31H29ClFN7O4. The Labute approximate surface area is 256 Å². The number of carbonyl (C=O) groups excluding carboxylic acids is 2. The number of aromatic nitrogens is 4. The van der Waals surface area contributed by atoms with E-state index in [4.69, 9.17) is 16.6 Å². The first-order valence-electron chi connectivity index (χ1n) is 14.0. The first kappa shape index (κ1) is 29.2. The van der Waals surface area contributed by atoms with Crippen molar-refractivity contribution < 1.29 is 19.1 Å². The smallest absolute Gasteiger partial charge is 0.355 e. The summed E-state index contributed by atoms with van der Waals surface area (Å²) < 4.78 is 16.7. The Kier molecular flexibility index (Phi) is 7.11. The second-order valence-corrected chi connectivity index (χ2v) is 11.5. The van der Waals surface area contributed by atoms with Crippen molar-refractivity contribution in [2.45, 2.75) is 32.7 Å². The number of rotatable bonds is 4. The number of nitrogens with zero attached hydrogens (tertiary/aromatic N) is 7. The zero-order chi connectivity index (χ0) is 31.6. The summed E-state index contributed by atoms with van der Waals surface area (Å²) >= 11 is 7.00. The highest BCUT2D eigenvalue weighted by Crippen LogP contribution is 2.47. The Morgan fingerprint density at radius 1 is 1.18 bits per heavy atom. The average Bonchev–Trinajstić information content (AvgIpc) is 3.08. The number of amides is 2. The van der Waals surface area contributed by atoms with Crippen molar-refractivity contribution >= 4 is 46.0 Å². The maximum atomic E-state index is 15.3. The first-order chi connectivity index (χ1) is 21.0. The van der Waals surface area contributed by atoms with Crippen LogP contribution in [0.3, 0.4) is 0 Å². The highest BCUT2D eigenvalue weighted by molar-refractivity contribution is 6.39. The molecule has 0 bridgehead atoms. The topological polar surface area (TPSA) is 125 Å². The van der Waals surface area contributed by atoms with E-state index in [-0.39, 0.29) is 70.3 Å². The molecular weight excluding hydrogens is 589 g/mol. The fourth-order valence-electron chi connectivity index (χ4n) is 6.03. The molecule has 1 aromatic carbocycles. The minimum absolute atomic E-state index is 0.0134. The number of piperazine rings is 1. The van der Waals surface area contributed by atoms with Gasteiger partial charge < -0.3 is 19.8 Å². The zero-order valence-corrected chi connectivity index (χ0v) is 25.3. The van der Waals surface area contributed by atoms with Gasteiger partial charge in [0.05, 0.1) is 39.6 Å². The average molecular weight is 618 g/mol. The van der Waals surface area contributed by atoms with Crippen LogP contribution in [0.5, 0.6) is 5.75 Å². The summed E-state index contributed by atoms with van der Waals surface area (Å²) in [6.07, 6.45) is 2.83. The quantitative estimate of drug-likeness (QED) is 0.341. The molecule has 1 atom stereocenters. The van der Waals surface area contributed by atoms with Crippen molar-refractivity contribution in [2.24, 2.45) is 0 Å². The van der Waals surface area contributed by atoms with Crippen LogP contribution in [-0.2, 0) is 9.59 Å². The molecule has 0 saturated carbocycles. The van der Waals surface area contributed by atoms with Gasteiger partial charge in [0.15, 0.2) is 5.65 Å². The predicted molar refractivity (Wildman–Crippen MR) is 165 cm³/mol. The molecule has 44 heavy (non-hydrogen) atoms. The zero-order valence-electron chi connectivity index (χ0n) is 24.5. The molecule has 3 aromatic heterocycles. The molecule has 1 fully saturated rings. The lowest BCUT2D eigenvalue weighted by molar-refractivity contribution is -0.128. The number of aromatic hydroxyl groups is 1. The monoisotopic (exact) mass is 617 g/mol. The summed E-state index contributed by atoms with van der Waals surface area (Å²) in [7, 11) is 1.51. The molecule has 1 N–H and O–H groups in total. The van der Waals surface area contributed by atoms with E-state index in [1.165, 1.54) is 39.6 Å². The maximum Gasteiger partial charge on any atom is 0.355 e. The number of phenolic OH excluding ortho intramolecular Hbond substituents is 1. The van der Waals surface area contributed by atoms with E-state index in [1.807, 2.05) is 20.8 Å². The molecule has 5 heterocycles. The fraction of sp³-hybridized carbons (Fsp3) is 0.290. The third-order valence-corrected chi connectivity index (χ3v) is 8.52. The molecule has 1 saturated heterocycles. The van der Waals surface area contributed by atoms with Crippen LogP contribution in [0.4, 0.5) is 15.9 Å². The van der Waals surface area contributed by atoms with Crippen molar-refractivity contribution in [3.63, 3.8) is 0 Å². The first-order valence-corrected chi connectivity index (χ1v) is 14.4. The molecule has 2 aliphatic heterocycles. The van der Waals surface area contributed by atoms with Crippen molar-refractivity contribution in [1.82, 2.24) is 24.4 Å². The van der Waals surface area contributed by atoms with Crippen LogP contribution >= 0.6 is 11.6 Å².